The first-order valence-corrected chi connectivity index (χ1v) is 9.79. The zero-order valence-electron chi connectivity index (χ0n) is 16.6. The van der Waals surface area contributed by atoms with E-state index in [1.54, 1.807) is 30.9 Å². The van der Waals surface area contributed by atoms with Gasteiger partial charge in [-0.15, -0.1) is 5.10 Å². The molecule has 1 aliphatic heterocycles. The Morgan fingerprint density at radius 2 is 2.16 bits per heavy atom. The number of amides is 1. The minimum Gasteiger partial charge on any atom is -0.374 e. The van der Waals surface area contributed by atoms with Crippen molar-refractivity contribution in [1.82, 2.24) is 35.2 Å². The zero-order valence-corrected chi connectivity index (χ0v) is 16.6. The second-order valence-corrected chi connectivity index (χ2v) is 7.18. The normalized spacial score (nSPS) is 16.9. The average molecular weight is 429 g/mol. The fraction of sp³-hybridized carbons (Fsp3) is 0.350. The molecule has 1 atom stereocenters. The van der Waals surface area contributed by atoms with E-state index in [0.29, 0.717) is 49.9 Å². The van der Waals surface area contributed by atoms with Crippen LogP contribution in [-0.2, 0) is 22.5 Å². The maximum absolute atomic E-state index is 13.4. The number of halogens is 2. The molecular weight excluding hydrogens is 408 g/mol. The Labute approximate surface area is 177 Å². The number of rotatable bonds is 7. The summed E-state index contributed by atoms with van der Waals surface area (Å²) in [6, 6.07) is 3.90. The van der Waals surface area contributed by atoms with Gasteiger partial charge in [-0.2, -0.15) is 0 Å². The van der Waals surface area contributed by atoms with Crippen LogP contribution in [0.1, 0.15) is 11.3 Å². The number of ether oxygens (including phenoxy) is 1. The SMILES string of the molecule is O=C(Cc1cn(-c2cnccn2)nn1)NCC1CN(Cc2ccc(F)c(F)c2)CCO1. The molecule has 0 saturated carbocycles. The van der Waals surface area contributed by atoms with Crippen molar-refractivity contribution in [1.29, 1.82) is 0 Å². The minimum atomic E-state index is -0.858. The third kappa shape index (κ3) is 5.64. The van der Waals surface area contributed by atoms with Crippen molar-refractivity contribution in [3.63, 3.8) is 0 Å². The highest BCUT2D eigenvalue weighted by atomic mass is 19.2. The predicted molar refractivity (Wildman–Crippen MR) is 105 cm³/mol. The first kappa shape index (κ1) is 20.9. The molecule has 1 aliphatic rings. The molecule has 0 radical (unpaired) electrons. The van der Waals surface area contributed by atoms with Crippen molar-refractivity contribution in [2.75, 3.05) is 26.2 Å². The van der Waals surface area contributed by atoms with Crippen LogP contribution in [0, 0.1) is 11.6 Å². The van der Waals surface area contributed by atoms with Crippen LogP contribution in [0.25, 0.3) is 5.82 Å². The van der Waals surface area contributed by atoms with Gasteiger partial charge in [-0.3, -0.25) is 14.7 Å². The fourth-order valence-electron chi connectivity index (χ4n) is 3.30. The van der Waals surface area contributed by atoms with E-state index >= 15 is 0 Å². The molecule has 9 nitrogen and oxygen atoms in total. The maximum Gasteiger partial charge on any atom is 0.226 e. The first-order chi connectivity index (χ1) is 15.1. The van der Waals surface area contributed by atoms with Crippen LogP contribution in [0.5, 0.6) is 0 Å². The number of nitrogens with zero attached hydrogens (tertiary/aromatic N) is 6. The summed E-state index contributed by atoms with van der Waals surface area (Å²) in [4.78, 5) is 22.5. The van der Waals surface area contributed by atoms with E-state index in [2.05, 4.69) is 30.5 Å². The van der Waals surface area contributed by atoms with Crippen LogP contribution in [0.4, 0.5) is 8.78 Å². The highest BCUT2D eigenvalue weighted by molar-refractivity contribution is 5.78. The number of hydrogen-bond acceptors (Lipinski definition) is 7. The molecule has 1 saturated heterocycles. The molecular formula is C20H21F2N7O2. The van der Waals surface area contributed by atoms with Crippen molar-refractivity contribution >= 4 is 5.91 Å². The Bertz CT molecular complexity index is 1030. The molecule has 0 bridgehead atoms. The van der Waals surface area contributed by atoms with E-state index in [4.69, 9.17) is 4.74 Å². The number of hydrogen-bond donors (Lipinski definition) is 1. The summed E-state index contributed by atoms with van der Waals surface area (Å²) < 4.78 is 33.7. The minimum absolute atomic E-state index is 0.0750. The third-order valence-electron chi connectivity index (χ3n) is 4.81. The topological polar surface area (TPSA) is 98.1 Å². The number of carbonyl (C=O) groups is 1. The molecule has 1 fully saturated rings. The Balaban J connectivity index is 1.24. The van der Waals surface area contributed by atoms with Gasteiger partial charge in [0, 0.05) is 38.6 Å². The van der Waals surface area contributed by atoms with Crippen molar-refractivity contribution in [3.05, 3.63) is 65.9 Å². The van der Waals surface area contributed by atoms with Crippen LogP contribution < -0.4 is 5.32 Å². The van der Waals surface area contributed by atoms with E-state index in [9.17, 15) is 13.6 Å². The molecule has 0 aliphatic carbocycles. The molecule has 1 aromatic carbocycles. The lowest BCUT2D eigenvalue weighted by molar-refractivity contribution is -0.121. The Hall–Kier alpha value is -3.31. The highest BCUT2D eigenvalue weighted by Crippen LogP contribution is 2.13. The molecule has 4 rings (SSSR count). The van der Waals surface area contributed by atoms with Gasteiger partial charge in [0.05, 0.1) is 37.2 Å². The van der Waals surface area contributed by atoms with E-state index in [1.807, 2.05) is 0 Å². The Morgan fingerprint density at radius 3 is 2.97 bits per heavy atom. The van der Waals surface area contributed by atoms with Crippen molar-refractivity contribution in [2.45, 2.75) is 19.1 Å². The summed E-state index contributed by atoms with van der Waals surface area (Å²) in [7, 11) is 0. The highest BCUT2D eigenvalue weighted by Gasteiger charge is 2.21. The lowest BCUT2D eigenvalue weighted by Gasteiger charge is -2.33. The van der Waals surface area contributed by atoms with Gasteiger partial charge in [-0.05, 0) is 17.7 Å². The number of benzene rings is 1. The smallest absolute Gasteiger partial charge is 0.226 e. The van der Waals surface area contributed by atoms with Gasteiger partial charge in [0.2, 0.25) is 5.91 Å². The summed E-state index contributed by atoms with van der Waals surface area (Å²) in [5, 5.41) is 10.8. The summed E-state index contributed by atoms with van der Waals surface area (Å²) in [5.74, 6) is -1.40. The lowest BCUT2D eigenvalue weighted by atomic mass is 10.1. The van der Waals surface area contributed by atoms with E-state index in [0.717, 1.165) is 6.07 Å². The third-order valence-corrected chi connectivity index (χ3v) is 4.81. The number of nitrogens with one attached hydrogen (secondary N) is 1. The lowest BCUT2D eigenvalue weighted by Crippen LogP contribution is -2.47. The van der Waals surface area contributed by atoms with Crippen LogP contribution in [0.15, 0.2) is 43.0 Å². The molecule has 1 N–H and O–H groups in total. The second kappa shape index (κ2) is 9.67. The molecule has 0 spiro atoms. The summed E-state index contributed by atoms with van der Waals surface area (Å²) in [6.45, 7) is 2.57. The summed E-state index contributed by atoms with van der Waals surface area (Å²) in [5.41, 5.74) is 1.20. The molecule has 1 amide bonds. The number of morpholine rings is 1. The molecule has 3 aromatic rings. The van der Waals surface area contributed by atoms with Crippen molar-refractivity contribution in [2.24, 2.45) is 0 Å². The molecule has 2 aromatic heterocycles. The largest absolute Gasteiger partial charge is 0.374 e. The monoisotopic (exact) mass is 429 g/mol. The van der Waals surface area contributed by atoms with Gasteiger partial charge in [0.15, 0.2) is 17.5 Å². The van der Waals surface area contributed by atoms with Gasteiger partial charge in [0.1, 0.15) is 0 Å². The fourth-order valence-corrected chi connectivity index (χ4v) is 3.30. The van der Waals surface area contributed by atoms with Crippen LogP contribution in [0.2, 0.25) is 0 Å². The van der Waals surface area contributed by atoms with Crippen molar-refractivity contribution < 1.29 is 18.3 Å². The second-order valence-electron chi connectivity index (χ2n) is 7.18. The van der Waals surface area contributed by atoms with Crippen LogP contribution >= 0.6 is 0 Å². The maximum atomic E-state index is 13.4. The average Bonchev–Trinajstić information content (AvgIpc) is 3.24. The summed E-state index contributed by atoms with van der Waals surface area (Å²) in [6.07, 6.45) is 6.16. The van der Waals surface area contributed by atoms with Gasteiger partial charge in [-0.1, -0.05) is 11.3 Å². The number of carbonyl (C=O) groups excluding carboxylic acids is 1. The zero-order chi connectivity index (χ0) is 21.6. The van der Waals surface area contributed by atoms with Gasteiger partial charge in [-0.25, -0.2) is 18.4 Å². The molecule has 1 unspecified atom stereocenters. The molecule has 3 heterocycles. The Morgan fingerprint density at radius 1 is 1.26 bits per heavy atom. The van der Waals surface area contributed by atoms with Gasteiger partial charge < -0.3 is 10.1 Å². The van der Waals surface area contributed by atoms with Gasteiger partial charge >= 0.3 is 0 Å². The van der Waals surface area contributed by atoms with Gasteiger partial charge in [0.25, 0.3) is 0 Å². The Kier molecular flexibility index (Phi) is 6.53. The van der Waals surface area contributed by atoms with E-state index in [1.165, 1.54) is 10.7 Å². The van der Waals surface area contributed by atoms with E-state index < -0.39 is 11.6 Å². The first-order valence-electron chi connectivity index (χ1n) is 9.79. The molecule has 11 heteroatoms. The summed E-state index contributed by atoms with van der Waals surface area (Å²) >= 11 is 0. The quantitative estimate of drug-likeness (QED) is 0.596. The predicted octanol–water partition coefficient (Wildman–Crippen LogP) is 0.895. The molecule has 31 heavy (non-hydrogen) atoms. The van der Waals surface area contributed by atoms with Crippen LogP contribution in [-0.4, -0.2) is 68.1 Å². The number of aromatic nitrogens is 5. The molecule has 162 valence electrons. The van der Waals surface area contributed by atoms with Crippen LogP contribution in [0.3, 0.4) is 0 Å². The van der Waals surface area contributed by atoms with Crippen molar-refractivity contribution in [3.8, 4) is 5.82 Å². The standard InChI is InChI=1S/C20H21F2N7O2/c21-17-2-1-14(7-18(17)22)11-28-5-6-31-16(13-28)9-25-20(30)8-15-12-29(27-26-15)19-10-23-3-4-24-19/h1-4,7,10,12,16H,5-6,8-9,11,13H2,(H,25,30). The van der Waals surface area contributed by atoms with E-state index in [-0.39, 0.29) is 18.4 Å².